The van der Waals surface area contributed by atoms with Crippen molar-refractivity contribution < 1.29 is 14.5 Å². The number of nitro benzene ring substituents is 1. The highest BCUT2D eigenvalue weighted by Gasteiger charge is 2.29. The van der Waals surface area contributed by atoms with Gasteiger partial charge in [0.15, 0.2) is 5.78 Å². The summed E-state index contributed by atoms with van der Waals surface area (Å²) in [4.78, 5) is 25.2. The van der Waals surface area contributed by atoms with Crippen LogP contribution in [0, 0.1) is 10.1 Å². The predicted octanol–water partition coefficient (Wildman–Crippen LogP) is 1.72. The van der Waals surface area contributed by atoms with Crippen LogP contribution >= 0.6 is 11.8 Å². The summed E-state index contributed by atoms with van der Waals surface area (Å²) in [7, 11) is 0. The number of ether oxygens (including phenoxy) is 1. The van der Waals surface area contributed by atoms with E-state index in [4.69, 9.17) is 4.74 Å². The smallest absolute Gasteiger partial charge is 0.293 e. The van der Waals surface area contributed by atoms with Crippen molar-refractivity contribution in [1.29, 1.82) is 0 Å². The van der Waals surface area contributed by atoms with Crippen LogP contribution in [-0.2, 0) is 4.74 Å². The average Bonchev–Trinajstić information content (AvgIpc) is 2.79. The van der Waals surface area contributed by atoms with Crippen LogP contribution in [0.2, 0.25) is 0 Å². The molecule has 1 fully saturated rings. The number of rotatable bonds is 2. The number of fused-ring (bicyclic) bond motifs is 1. The molecule has 0 saturated carbocycles. The predicted molar refractivity (Wildman–Crippen MR) is 71.2 cm³/mol. The number of hydrogen-bond acceptors (Lipinski definition) is 6. The van der Waals surface area contributed by atoms with E-state index in [1.54, 1.807) is 6.07 Å². The lowest BCUT2D eigenvalue weighted by atomic mass is 10.1. The highest BCUT2D eigenvalue weighted by atomic mass is 32.2. The molecule has 0 unspecified atom stereocenters. The number of Topliss-reactive ketones (excluding diaryl/α,β-unsaturated/α-hetero) is 1. The summed E-state index contributed by atoms with van der Waals surface area (Å²) in [6, 6.07) is 3.19. The highest BCUT2D eigenvalue weighted by molar-refractivity contribution is 8.00. The molecule has 3 rings (SSSR count). The molecule has 2 aliphatic heterocycles. The Morgan fingerprint density at radius 3 is 2.74 bits per heavy atom. The molecule has 1 aromatic rings. The summed E-state index contributed by atoms with van der Waals surface area (Å²) in [6.45, 7) is 2.41. The Bertz CT molecular complexity index is 555. The van der Waals surface area contributed by atoms with Crippen molar-refractivity contribution >= 4 is 28.9 Å². The second kappa shape index (κ2) is 4.82. The maximum atomic E-state index is 11.7. The van der Waals surface area contributed by atoms with Crippen molar-refractivity contribution in [2.24, 2.45) is 0 Å². The van der Waals surface area contributed by atoms with E-state index < -0.39 is 4.92 Å². The summed E-state index contributed by atoms with van der Waals surface area (Å²) in [5.41, 5.74) is 1.08. The summed E-state index contributed by atoms with van der Waals surface area (Å²) >= 11 is 1.44. The Morgan fingerprint density at radius 1 is 1.32 bits per heavy atom. The first-order valence-electron chi connectivity index (χ1n) is 5.98. The van der Waals surface area contributed by atoms with Crippen molar-refractivity contribution in [2.75, 3.05) is 37.0 Å². The van der Waals surface area contributed by atoms with E-state index in [1.165, 1.54) is 17.8 Å². The molecule has 0 amide bonds. The van der Waals surface area contributed by atoms with Crippen LogP contribution in [0.4, 0.5) is 11.4 Å². The fourth-order valence-corrected chi connectivity index (χ4v) is 3.29. The largest absolute Gasteiger partial charge is 0.378 e. The minimum absolute atomic E-state index is 0.0106. The number of thioether (sulfide) groups is 1. The Kier molecular flexibility index (Phi) is 3.16. The van der Waals surface area contributed by atoms with Crippen molar-refractivity contribution in [3.63, 3.8) is 0 Å². The molecule has 0 bridgehead atoms. The maximum absolute atomic E-state index is 11.7. The Balaban J connectivity index is 2.07. The molecule has 19 heavy (non-hydrogen) atoms. The first-order chi connectivity index (χ1) is 9.16. The minimum Gasteiger partial charge on any atom is -0.378 e. The number of carbonyl (C=O) groups is 1. The van der Waals surface area contributed by atoms with Crippen LogP contribution in [0.15, 0.2) is 17.0 Å². The zero-order valence-electron chi connectivity index (χ0n) is 10.1. The van der Waals surface area contributed by atoms with E-state index in [-0.39, 0.29) is 11.5 Å². The van der Waals surface area contributed by atoms with Gasteiger partial charge in [-0.25, -0.2) is 0 Å². The zero-order chi connectivity index (χ0) is 13.4. The van der Waals surface area contributed by atoms with Gasteiger partial charge in [0.25, 0.3) is 5.69 Å². The third kappa shape index (κ3) is 2.19. The molecule has 0 aliphatic carbocycles. The molecule has 2 aliphatic rings. The number of nitrogens with zero attached hydrogens (tertiary/aromatic N) is 2. The van der Waals surface area contributed by atoms with E-state index in [0.29, 0.717) is 43.3 Å². The summed E-state index contributed by atoms with van der Waals surface area (Å²) in [5.74, 6) is 0.343. The standard InChI is InChI=1S/C12H12N2O4S/c15-11-7-19-12-6-9(13-1-3-18-4-2-13)10(14(16)17)5-8(11)12/h5-6H,1-4,7H2. The number of anilines is 1. The number of carbonyl (C=O) groups excluding carboxylic acids is 1. The normalized spacial score (nSPS) is 18.5. The van der Waals surface area contributed by atoms with E-state index in [0.717, 1.165) is 4.90 Å². The molecule has 0 atom stereocenters. The van der Waals surface area contributed by atoms with Gasteiger partial charge in [0.1, 0.15) is 5.69 Å². The first kappa shape index (κ1) is 12.4. The Labute approximate surface area is 113 Å². The summed E-state index contributed by atoms with van der Waals surface area (Å²) < 4.78 is 5.26. The molecule has 0 spiro atoms. The third-order valence-corrected chi connectivity index (χ3v) is 4.34. The average molecular weight is 280 g/mol. The van der Waals surface area contributed by atoms with Crippen LogP contribution in [0.1, 0.15) is 10.4 Å². The molecule has 0 radical (unpaired) electrons. The maximum Gasteiger partial charge on any atom is 0.293 e. The molecule has 7 heteroatoms. The topological polar surface area (TPSA) is 72.7 Å². The molecule has 0 N–H and O–H groups in total. The van der Waals surface area contributed by atoms with Crippen molar-refractivity contribution in [3.8, 4) is 0 Å². The van der Waals surface area contributed by atoms with E-state index in [9.17, 15) is 14.9 Å². The number of benzene rings is 1. The fraction of sp³-hybridized carbons (Fsp3) is 0.417. The Morgan fingerprint density at radius 2 is 2.05 bits per heavy atom. The SMILES string of the molecule is O=C1CSc2cc(N3CCOCC3)c([N+](=O)[O-])cc21. The van der Waals surface area contributed by atoms with Crippen molar-refractivity contribution in [3.05, 3.63) is 27.8 Å². The van der Waals surface area contributed by atoms with Gasteiger partial charge in [-0.1, -0.05) is 0 Å². The van der Waals surface area contributed by atoms with Gasteiger partial charge in [0, 0.05) is 29.6 Å². The molecule has 1 saturated heterocycles. The second-order valence-electron chi connectivity index (χ2n) is 4.41. The zero-order valence-corrected chi connectivity index (χ0v) is 10.9. The van der Waals surface area contributed by atoms with Crippen molar-refractivity contribution in [2.45, 2.75) is 4.90 Å². The van der Waals surface area contributed by atoms with E-state index in [1.807, 2.05) is 4.90 Å². The Hall–Kier alpha value is -1.60. The first-order valence-corrected chi connectivity index (χ1v) is 6.96. The monoisotopic (exact) mass is 280 g/mol. The molecular weight excluding hydrogens is 268 g/mol. The number of morpholine rings is 1. The number of ketones is 1. The minimum atomic E-state index is -0.415. The lowest BCUT2D eigenvalue weighted by Crippen LogP contribution is -2.36. The lowest BCUT2D eigenvalue weighted by molar-refractivity contribution is -0.384. The summed E-state index contributed by atoms with van der Waals surface area (Å²) in [6.07, 6.45) is 0. The number of nitro groups is 1. The van der Waals surface area contributed by atoms with Gasteiger partial charge >= 0.3 is 0 Å². The van der Waals surface area contributed by atoms with Crippen molar-refractivity contribution in [1.82, 2.24) is 0 Å². The van der Waals surface area contributed by atoms with E-state index >= 15 is 0 Å². The molecule has 2 heterocycles. The van der Waals surface area contributed by atoms with Crippen LogP contribution in [0.3, 0.4) is 0 Å². The third-order valence-electron chi connectivity index (χ3n) is 3.28. The van der Waals surface area contributed by atoms with Crippen LogP contribution < -0.4 is 4.90 Å². The molecule has 0 aromatic heterocycles. The van der Waals surface area contributed by atoms with Crippen LogP contribution in [0.5, 0.6) is 0 Å². The quantitative estimate of drug-likeness (QED) is 0.606. The van der Waals surface area contributed by atoms with Crippen LogP contribution in [0.25, 0.3) is 0 Å². The molecule has 1 aromatic carbocycles. The van der Waals surface area contributed by atoms with Gasteiger partial charge < -0.3 is 9.64 Å². The fourth-order valence-electron chi connectivity index (χ4n) is 2.32. The van der Waals surface area contributed by atoms with Gasteiger partial charge in [-0.2, -0.15) is 0 Å². The van der Waals surface area contributed by atoms with Gasteiger partial charge in [-0.15, -0.1) is 11.8 Å². The van der Waals surface area contributed by atoms with Gasteiger partial charge in [0.2, 0.25) is 0 Å². The second-order valence-corrected chi connectivity index (χ2v) is 5.42. The number of hydrogen-bond donors (Lipinski definition) is 0. The highest BCUT2D eigenvalue weighted by Crippen LogP contribution is 2.40. The van der Waals surface area contributed by atoms with Crippen LogP contribution in [-0.4, -0.2) is 42.8 Å². The lowest BCUT2D eigenvalue weighted by Gasteiger charge is -2.28. The molecule has 6 nitrogen and oxygen atoms in total. The van der Waals surface area contributed by atoms with Gasteiger partial charge in [-0.3, -0.25) is 14.9 Å². The molecule has 100 valence electrons. The molecular formula is C12H12N2O4S. The van der Waals surface area contributed by atoms with Gasteiger partial charge in [-0.05, 0) is 6.07 Å². The van der Waals surface area contributed by atoms with Gasteiger partial charge in [0.05, 0.1) is 23.9 Å². The summed E-state index contributed by atoms with van der Waals surface area (Å²) in [5, 5.41) is 11.2. The van der Waals surface area contributed by atoms with E-state index in [2.05, 4.69) is 0 Å².